The quantitative estimate of drug-likeness (QED) is 0.590. The molecule has 0 radical (unpaired) electrons. The minimum Gasteiger partial charge on any atom is -0.299 e. The van der Waals surface area contributed by atoms with Gasteiger partial charge in [-0.25, -0.2) is 0 Å². The van der Waals surface area contributed by atoms with Gasteiger partial charge < -0.3 is 0 Å². The van der Waals surface area contributed by atoms with E-state index >= 15 is 0 Å². The summed E-state index contributed by atoms with van der Waals surface area (Å²) >= 11 is 0. The number of allylic oxidation sites excluding steroid dienone is 6. The summed E-state index contributed by atoms with van der Waals surface area (Å²) in [5.74, 6) is 0.430. The van der Waals surface area contributed by atoms with Crippen LogP contribution in [0.5, 0.6) is 0 Å². The first-order valence-electron chi connectivity index (χ1n) is 4.65. The van der Waals surface area contributed by atoms with Crippen molar-refractivity contribution in [2.75, 3.05) is 0 Å². The van der Waals surface area contributed by atoms with Gasteiger partial charge in [0.1, 0.15) is 5.78 Å². The highest BCUT2D eigenvalue weighted by Crippen LogP contribution is 1.99. The van der Waals surface area contributed by atoms with Gasteiger partial charge >= 0.3 is 0 Å². The molecule has 0 aromatic rings. The SMILES string of the molecule is C\C=C/C=C\C=C\CC(=O)C(C)C. The molecule has 0 amide bonds. The highest BCUT2D eigenvalue weighted by molar-refractivity contribution is 5.81. The van der Waals surface area contributed by atoms with E-state index in [0.717, 1.165) is 0 Å². The number of ketones is 1. The van der Waals surface area contributed by atoms with Crippen molar-refractivity contribution in [3.8, 4) is 0 Å². The maximum Gasteiger partial charge on any atom is 0.139 e. The summed E-state index contributed by atoms with van der Waals surface area (Å²) in [4.78, 5) is 11.1. The maximum atomic E-state index is 11.1. The van der Waals surface area contributed by atoms with Gasteiger partial charge in [-0.15, -0.1) is 0 Å². The zero-order valence-corrected chi connectivity index (χ0v) is 8.66. The summed E-state index contributed by atoms with van der Waals surface area (Å²) in [5, 5.41) is 0. The average molecular weight is 178 g/mol. The summed E-state index contributed by atoms with van der Waals surface area (Å²) in [6, 6.07) is 0. The van der Waals surface area contributed by atoms with E-state index in [2.05, 4.69) is 0 Å². The molecule has 0 saturated heterocycles. The first-order chi connectivity index (χ1) is 6.18. The van der Waals surface area contributed by atoms with Gasteiger partial charge in [0.25, 0.3) is 0 Å². The van der Waals surface area contributed by atoms with Crippen LogP contribution in [0.15, 0.2) is 36.5 Å². The lowest BCUT2D eigenvalue weighted by atomic mass is 10.1. The fourth-order valence-electron chi connectivity index (χ4n) is 0.738. The third-order valence-electron chi connectivity index (χ3n) is 1.62. The molecule has 0 aliphatic heterocycles. The number of hydrogen-bond acceptors (Lipinski definition) is 1. The van der Waals surface area contributed by atoms with Gasteiger partial charge in [0.2, 0.25) is 0 Å². The topological polar surface area (TPSA) is 17.1 Å². The van der Waals surface area contributed by atoms with Gasteiger partial charge in [-0.1, -0.05) is 50.3 Å². The highest BCUT2D eigenvalue weighted by atomic mass is 16.1. The third kappa shape index (κ3) is 7.26. The van der Waals surface area contributed by atoms with E-state index in [1.807, 2.05) is 57.2 Å². The molecule has 0 fully saturated rings. The molecule has 0 heterocycles. The summed E-state index contributed by atoms with van der Waals surface area (Å²) in [7, 11) is 0. The Morgan fingerprint density at radius 1 is 1.15 bits per heavy atom. The summed E-state index contributed by atoms with van der Waals surface area (Å²) in [6.45, 7) is 5.81. The molecule has 1 nitrogen and oxygen atoms in total. The lowest BCUT2D eigenvalue weighted by Crippen LogP contribution is -2.04. The Morgan fingerprint density at radius 3 is 2.31 bits per heavy atom. The Balaban J connectivity index is 3.69. The molecule has 0 atom stereocenters. The van der Waals surface area contributed by atoms with Crippen LogP contribution in [-0.4, -0.2) is 5.78 Å². The predicted octanol–water partition coefficient (Wildman–Crippen LogP) is 3.29. The molecule has 0 aliphatic carbocycles. The number of Topliss-reactive ketones (excluding diaryl/α,β-unsaturated/α-hetero) is 1. The van der Waals surface area contributed by atoms with E-state index in [1.54, 1.807) is 0 Å². The minimum atomic E-state index is 0.143. The molecule has 0 aliphatic rings. The number of rotatable bonds is 5. The molecule has 72 valence electrons. The minimum absolute atomic E-state index is 0.143. The van der Waals surface area contributed by atoms with E-state index in [0.29, 0.717) is 6.42 Å². The molecule has 0 bridgehead atoms. The largest absolute Gasteiger partial charge is 0.299 e. The summed E-state index contributed by atoms with van der Waals surface area (Å²) in [5.41, 5.74) is 0. The van der Waals surface area contributed by atoms with Crippen LogP contribution in [0, 0.1) is 5.92 Å². The molecule has 0 saturated carbocycles. The summed E-state index contributed by atoms with van der Waals surface area (Å²) < 4.78 is 0. The molecule has 0 spiro atoms. The smallest absolute Gasteiger partial charge is 0.139 e. The van der Waals surface area contributed by atoms with Gasteiger partial charge in [-0.05, 0) is 6.92 Å². The van der Waals surface area contributed by atoms with Crippen LogP contribution in [0.25, 0.3) is 0 Å². The Morgan fingerprint density at radius 2 is 1.77 bits per heavy atom. The second-order valence-electron chi connectivity index (χ2n) is 3.16. The number of hydrogen-bond donors (Lipinski definition) is 0. The van der Waals surface area contributed by atoms with Crippen molar-refractivity contribution in [1.82, 2.24) is 0 Å². The van der Waals surface area contributed by atoms with Crippen molar-refractivity contribution in [2.45, 2.75) is 27.2 Å². The molecular formula is C12H18O. The Labute approximate surface area is 80.8 Å². The van der Waals surface area contributed by atoms with Crippen molar-refractivity contribution in [1.29, 1.82) is 0 Å². The van der Waals surface area contributed by atoms with Crippen LogP contribution >= 0.6 is 0 Å². The standard InChI is InChI=1S/C12H18O/c1-4-5-6-7-8-9-10-12(13)11(2)3/h4-9,11H,10H2,1-3H3/b5-4-,7-6-,9-8+. The van der Waals surface area contributed by atoms with Crippen molar-refractivity contribution >= 4 is 5.78 Å². The first-order valence-corrected chi connectivity index (χ1v) is 4.65. The third-order valence-corrected chi connectivity index (χ3v) is 1.62. The number of carbonyl (C=O) groups excluding carboxylic acids is 1. The van der Waals surface area contributed by atoms with Gasteiger partial charge in [0.05, 0.1) is 0 Å². The Hall–Kier alpha value is -1.11. The maximum absolute atomic E-state index is 11.1. The van der Waals surface area contributed by atoms with Crippen molar-refractivity contribution in [2.24, 2.45) is 5.92 Å². The van der Waals surface area contributed by atoms with Crippen molar-refractivity contribution < 1.29 is 4.79 Å². The molecular weight excluding hydrogens is 160 g/mol. The molecule has 0 aromatic carbocycles. The lowest BCUT2D eigenvalue weighted by molar-refractivity contribution is -0.121. The van der Waals surface area contributed by atoms with Crippen LogP contribution in [-0.2, 0) is 4.79 Å². The van der Waals surface area contributed by atoms with Crippen LogP contribution < -0.4 is 0 Å². The van der Waals surface area contributed by atoms with E-state index < -0.39 is 0 Å². The van der Waals surface area contributed by atoms with Crippen LogP contribution in [0.2, 0.25) is 0 Å². The fourth-order valence-corrected chi connectivity index (χ4v) is 0.738. The predicted molar refractivity (Wildman–Crippen MR) is 57.6 cm³/mol. The second-order valence-corrected chi connectivity index (χ2v) is 3.16. The van der Waals surface area contributed by atoms with Gasteiger partial charge in [-0.3, -0.25) is 4.79 Å². The molecule has 0 aromatic heterocycles. The zero-order chi connectivity index (χ0) is 10.1. The fraction of sp³-hybridized carbons (Fsp3) is 0.417. The highest BCUT2D eigenvalue weighted by Gasteiger charge is 2.02. The van der Waals surface area contributed by atoms with Crippen molar-refractivity contribution in [3.63, 3.8) is 0 Å². The summed E-state index contributed by atoms with van der Waals surface area (Å²) in [6.07, 6.45) is 12.1. The van der Waals surface area contributed by atoms with Crippen LogP contribution in [0.4, 0.5) is 0 Å². The normalized spacial score (nSPS) is 12.6. The Kier molecular flexibility index (Phi) is 6.89. The molecule has 1 heteroatoms. The second kappa shape index (κ2) is 7.53. The number of carbonyl (C=O) groups is 1. The van der Waals surface area contributed by atoms with E-state index in [9.17, 15) is 4.79 Å². The first kappa shape index (κ1) is 11.9. The van der Waals surface area contributed by atoms with Crippen LogP contribution in [0.1, 0.15) is 27.2 Å². The van der Waals surface area contributed by atoms with Gasteiger partial charge in [-0.2, -0.15) is 0 Å². The lowest BCUT2D eigenvalue weighted by Gasteiger charge is -1.97. The van der Waals surface area contributed by atoms with E-state index in [-0.39, 0.29) is 11.7 Å². The van der Waals surface area contributed by atoms with Gasteiger partial charge in [0.15, 0.2) is 0 Å². The average Bonchev–Trinajstić information content (AvgIpc) is 2.10. The molecule has 0 unspecified atom stereocenters. The molecule has 13 heavy (non-hydrogen) atoms. The van der Waals surface area contributed by atoms with E-state index in [4.69, 9.17) is 0 Å². The zero-order valence-electron chi connectivity index (χ0n) is 8.66. The molecule has 0 rings (SSSR count). The van der Waals surface area contributed by atoms with Crippen molar-refractivity contribution in [3.05, 3.63) is 36.5 Å². The molecule has 0 N–H and O–H groups in total. The van der Waals surface area contributed by atoms with Crippen LogP contribution in [0.3, 0.4) is 0 Å². The van der Waals surface area contributed by atoms with Gasteiger partial charge in [0, 0.05) is 12.3 Å². The van der Waals surface area contributed by atoms with E-state index in [1.165, 1.54) is 0 Å². The monoisotopic (exact) mass is 178 g/mol. The Bertz CT molecular complexity index is 219.